The van der Waals surface area contributed by atoms with Gasteiger partial charge in [-0.2, -0.15) is 0 Å². The van der Waals surface area contributed by atoms with E-state index in [2.05, 4.69) is 34.4 Å². The van der Waals surface area contributed by atoms with Crippen LogP contribution in [-0.4, -0.2) is 27.5 Å². The zero-order chi connectivity index (χ0) is 20.1. The predicted molar refractivity (Wildman–Crippen MR) is 111 cm³/mol. The molecule has 1 unspecified atom stereocenters. The van der Waals surface area contributed by atoms with Crippen molar-refractivity contribution < 1.29 is 9.59 Å². The van der Waals surface area contributed by atoms with Crippen molar-refractivity contribution in [3.63, 3.8) is 0 Å². The number of aromatic nitrogens is 2. The fourth-order valence-electron chi connectivity index (χ4n) is 2.91. The molecule has 0 bridgehead atoms. The van der Waals surface area contributed by atoms with Gasteiger partial charge in [0.1, 0.15) is 5.82 Å². The van der Waals surface area contributed by atoms with E-state index in [1.165, 1.54) is 11.8 Å². The van der Waals surface area contributed by atoms with E-state index in [9.17, 15) is 14.4 Å². The number of fused-ring (bicyclic) bond motifs is 1. The number of hydrogen-bond acceptors (Lipinski definition) is 5. The normalized spacial score (nSPS) is 15.8. The van der Waals surface area contributed by atoms with Crippen LogP contribution in [0.4, 0.5) is 11.5 Å². The van der Waals surface area contributed by atoms with Crippen LogP contribution >= 0.6 is 11.8 Å². The van der Waals surface area contributed by atoms with Crippen LogP contribution in [0.3, 0.4) is 0 Å². The van der Waals surface area contributed by atoms with Crippen LogP contribution in [0.1, 0.15) is 32.3 Å². The van der Waals surface area contributed by atoms with Crippen molar-refractivity contribution in [1.82, 2.24) is 9.97 Å². The average molecular weight is 401 g/mol. The summed E-state index contributed by atoms with van der Waals surface area (Å²) in [7, 11) is 0. The van der Waals surface area contributed by atoms with Crippen LogP contribution in [-0.2, 0) is 16.0 Å². The number of nitrogens with one attached hydrogen (secondary N) is 3. The van der Waals surface area contributed by atoms with Gasteiger partial charge in [-0.05, 0) is 30.9 Å². The number of benzene rings is 1. The second-order valence-corrected chi connectivity index (χ2v) is 8.32. The summed E-state index contributed by atoms with van der Waals surface area (Å²) in [6.45, 7) is 4.27. The Morgan fingerprint density at radius 2 is 2.04 bits per heavy atom. The van der Waals surface area contributed by atoms with Gasteiger partial charge in [0, 0.05) is 17.9 Å². The molecule has 1 atom stereocenters. The summed E-state index contributed by atoms with van der Waals surface area (Å²) in [5.74, 6) is 0.570. The van der Waals surface area contributed by atoms with Gasteiger partial charge in [0.2, 0.25) is 11.8 Å². The summed E-state index contributed by atoms with van der Waals surface area (Å²) >= 11 is 1.47. The van der Waals surface area contributed by atoms with E-state index in [0.29, 0.717) is 28.1 Å². The van der Waals surface area contributed by atoms with Crippen molar-refractivity contribution in [1.29, 1.82) is 0 Å². The standard InChI is InChI=1S/C20H24N4O3S/c1-12(2)8-9-28-20-23-17-15(19(27)24-20)10-13(18(26)22-17)11-16(25)21-14-6-4-3-5-7-14/h3-7,12-13H,8-11H2,1-2H3,(H,21,25)(H2,22,23,24,26,27). The van der Waals surface area contributed by atoms with E-state index >= 15 is 0 Å². The van der Waals surface area contributed by atoms with Crippen LogP contribution in [0.15, 0.2) is 40.3 Å². The highest BCUT2D eigenvalue weighted by atomic mass is 32.2. The molecule has 0 saturated heterocycles. The van der Waals surface area contributed by atoms with Crippen molar-refractivity contribution in [3.8, 4) is 0 Å². The van der Waals surface area contributed by atoms with E-state index in [1.54, 1.807) is 12.1 Å². The lowest BCUT2D eigenvalue weighted by atomic mass is 9.92. The van der Waals surface area contributed by atoms with E-state index in [4.69, 9.17) is 0 Å². The van der Waals surface area contributed by atoms with Gasteiger partial charge in [0.15, 0.2) is 5.16 Å². The molecule has 3 rings (SSSR count). The highest BCUT2D eigenvalue weighted by Gasteiger charge is 2.31. The van der Waals surface area contributed by atoms with Gasteiger partial charge in [-0.15, -0.1) is 0 Å². The molecule has 7 nitrogen and oxygen atoms in total. The lowest BCUT2D eigenvalue weighted by molar-refractivity contribution is -0.125. The maximum Gasteiger partial charge on any atom is 0.256 e. The molecule has 1 aromatic carbocycles. The monoisotopic (exact) mass is 400 g/mol. The molecule has 8 heteroatoms. The Hall–Kier alpha value is -2.61. The summed E-state index contributed by atoms with van der Waals surface area (Å²) < 4.78 is 0. The zero-order valence-corrected chi connectivity index (χ0v) is 16.8. The number of H-pyrrole nitrogens is 1. The maximum absolute atomic E-state index is 12.4. The molecule has 1 aliphatic rings. The van der Waals surface area contributed by atoms with Crippen LogP contribution in [0, 0.1) is 11.8 Å². The molecule has 0 spiro atoms. The Labute approximate surface area is 167 Å². The molecule has 3 N–H and O–H groups in total. The predicted octanol–water partition coefficient (Wildman–Crippen LogP) is 3.05. The fraction of sp³-hybridized carbons (Fsp3) is 0.400. The Bertz CT molecular complexity index is 911. The fourth-order valence-corrected chi connectivity index (χ4v) is 4.01. The minimum atomic E-state index is -0.599. The molecule has 28 heavy (non-hydrogen) atoms. The molecule has 2 amide bonds. The number of rotatable bonds is 7. The van der Waals surface area contributed by atoms with Crippen molar-refractivity contribution >= 4 is 35.1 Å². The van der Waals surface area contributed by atoms with E-state index < -0.39 is 5.92 Å². The largest absolute Gasteiger partial charge is 0.326 e. The number of hydrogen-bond donors (Lipinski definition) is 3. The summed E-state index contributed by atoms with van der Waals surface area (Å²) in [5.41, 5.74) is 0.836. The van der Waals surface area contributed by atoms with Gasteiger partial charge < -0.3 is 15.6 Å². The maximum atomic E-state index is 12.4. The summed E-state index contributed by atoms with van der Waals surface area (Å²) in [6.07, 6.45) is 1.21. The number of anilines is 2. The number of carbonyl (C=O) groups excluding carboxylic acids is 2. The summed E-state index contributed by atoms with van der Waals surface area (Å²) in [4.78, 5) is 44.3. The molecule has 2 heterocycles. The van der Waals surface area contributed by atoms with Gasteiger partial charge in [0.25, 0.3) is 5.56 Å². The highest BCUT2D eigenvalue weighted by Crippen LogP contribution is 2.25. The highest BCUT2D eigenvalue weighted by molar-refractivity contribution is 7.99. The van der Waals surface area contributed by atoms with Gasteiger partial charge in [-0.1, -0.05) is 43.8 Å². The molecular weight excluding hydrogens is 376 g/mol. The van der Waals surface area contributed by atoms with Crippen molar-refractivity contribution in [2.75, 3.05) is 16.4 Å². The van der Waals surface area contributed by atoms with E-state index in [-0.39, 0.29) is 30.2 Å². The minimum absolute atomic E-state index is 0.00446. The van der Waals surface area contributed by atoms with Crippen molar-refractivity contribution in [3.05, 3.63) is 46.2 Å². The SMILES string of the molecule is CC(C)CCSc1nc2c(c(=O)[nH]1)CC(CC(=O)Nc1ccccc1)C(=O)N2. The number of carbonyl (C=O) groups is 2. The second kappa shape index (κ2) is 9.05. The van der Waals surface area contributed by atoms with Crippen LogP contribution in [0.25, 0.3) is 0 Å². The third-order valence-electron chi connectivity index (χ3n) is 4.48. The quantitative estimate of drug-likeness (QED) is 0.489. The first-order chi connectivity index (χ1) is 13.4. The van der Waals surface area contributed by atoms with Crippen LogP contribution in [0.2, 0.25) is 0 Å². The lowest BCUT2D eigenvalue weighted by Gasteiger charge is -2.23. The lowest BCUT2D eigenvalue weighted by Crippen LogP contribution is -2.36. The number of para-hydroxylation sites is 1. The molecule has 1 aromatic heterocycles. The number of aromatic amines is 1. The van der Waals surface area contributed by atoms with Crippen LogP contribution in [0.5, 0.6) is 0 Å². The van der Waals surface area contributed by atoms with E-state index in [1.807, 2.05) is 18.2 Å². The third kappa shape index (κ3) is 5.22. The molecule has 148 valence electrons. The van der Waals surface area contributed by atoms with Gasteiger partial charge >= 0.3 is 0 Å². The molecule has 2 aromatic rings. The van der Waals surface area contributed by atoms with Crippen molar-refractivity contribution in [2.24, 2.45) is 11.8 Å². The molecular formula is C20H24N4O3S. The average Bonchev–Trinajstić information content (AvgIpc) is 2.63. The topological polar surface area (TPSA) is 104 Å². The molecule has 0 radical (unpaired) electrons. The summed E-state index contributed by atoms with van der Waals surface area (Å²) in [5, 5.41) is 5.97. The minimum Gasteiger partial charge on any atom is -0.326 e. The first kappa shape index (κ1) is 20.1. The van der Waals surface area contributed by atoms with Gasteiger partial charge in [-0.25, -0.2) is 4.98 Å². The van der Waals surface area contributed by atoms with Gasteiger partial charge in [0.05, 0.1) is 11.5 Å². The molecule has 0 aliphatic carbocycles. The first-order valence-electron chi connectivity index (χ1n) is 9.34. The second-order valence-electron chi connectivity index (χ2n) is 7.24. The number of amides is 2. The van der Waals surface area contributed by atoms with E-state index in [0.717, 1.165) is 12.2 Å². The molecule has 0 fully saturated rings. The smallest absolute Gasteiger partial charge is 0.256 e. The Morgan fingerprint density at radius 1 is 1.29 bits per heavy atom. The van der Waals surface area contributed by atoms with Crippen LogP contribution < -0.4 is 16.2 Å². The Balaban J connectivity index is 1.66. The number of nitrogens with zero attached hydrogens (tertiary/aromatic N) is 1. The molecule has 1 aliphatic heterocycles. The molecule has 0 saturated carbocycles. The Kier molecular flexibility index (Phi) is 6.51. The Morgan fingerprint density at radius 3 is 2.75 bits per heavy atom. The zero-order valence-electron chi connectivity index (χ0n) is 16.0. The van der Waals surface area contributed by atoms with Gasteiger partial charge in [-0.3, -0.25) is 14.4 Å². The number of thioether (sulfide) groups is 1. The van der Waals surface area contributed by atoms with Crippen molar-refractivity contribution in [2.45, 2.75) is 38.3 Å². The third-order valence-corrected chi connectivity index (χ3v) is 5.39. The summed E-state index contributed by atoms with van der Waals surface area (Å²) in [6, 6.07) is 9.06. The first-order valence-corrected chi connectivity index (χ1v) is 10.3.